The Morgan fingerprint density at radius 3 is 2.59 bits per heavy atom. The van der Waals surface area contributed by atoms with Crippen molar-refractivity contribution in [2.45, 2.75) is 19.9 Å². The van der Waals surface area contributed by atoms with Gasteiger partial charge in [-0.2, -0.15) is 0 Å². The summed E-state index contributed by atoms with van der Waals surface area (Å²) in [6.45, 7) is 4.01. The highest BCUT2D eigenvalue weighted by molar-refractivity contribution is 7.13. The van der Waals surface area contributed by atoms with Gasteiger partial charge < -0.3 is 14.8 Å². The predicted molar refractivity (Wildman–Crippen MR) is 108 cm³/mol. The van der Waals surface area contributed by atoms with Gasteiger partial charge >= 0.3 is 0 Å². The summed E-state index contributed by atoms with van der Waals surface area (Å²) >= 11 is 1.40. The molecule has 0 aliphatic heterocycles. The molecule has 0 fully saturated rings. The number of rotatable bonds is 6. The molecule has 27 heavy (non-hydrogen) atoms. The number of carbonyl (C=O) groups excluding carboxylic acids is 1. The third-order valence-electron chi connectivity index (χ3n) is 4.37. The predicted octanol–water partition coefficient (Wildman–Crippen LogP) is 4.63. The number of carbonyl (C=O) groups is 1. The maximum atomic E-state index is 12.6. The molecule has 0 unspecified atom stereocenters. The zero-order chi connectivity index (χ0) is 19.4. The molecule has 0 spiro atoms. The summed E-state index contributed by atoms with van der Waals surface area (Å²) in [6.07, 6.45) is 0. The zero-order valence-corrected chi connectivity index (χ0v) is 16.6. The number of methoxy groups -OCH3 is 2. The number of para-hydroxylation sites is 1. The highest BCUT2D eigenvalue weighted by Crippen LogP contribution is 2.39. The Morgan fingerprint density at radius 2 is 1.89 bits per heavy atom. The number of hydrogen-bond acceptors (Lipinski definition) is 5. The van der Waals surface area contributed by atoms with Crippen molar-refractivity contribution in [2.24, 2.45) is 0 Å². The maximum Gasteiger partial charge on any atom is 0.271 e. The fourth-order valence-electron chi connectivity index (χ4n) is 2.98. The molecule has 3 rings (SSSR count). The van der Waals surface area contributed by atoms with E-state index in [0.29, 0.717) is 22.2 Å². The SMILES string of the molecule is COc1cccc(-c2nc(C(=O)N[C@H](C)c3ccccc3C)cs2)c1OC. The molecule has 0 aliphatic rings. The molecule has 5 nitrogen and oxygen atoms in total. The van der Waals surface area contributed by atoms with Crippen LogP contribution in [0.2, 0.25) is 0 Å². The lowest BCUT2D eigenvalue weighted by Gasteiger charge is -2.15. The van der Waals surface area contributed by atoms with Crippen molar-refractivity contribution < 1.29 is 14.3 Å². The van der Waals surface area contributed by atoms with Crippen LogP contribution in [0.15, 0.2) is 47.8 Å². The van der Waals surface area contributed by atoms with Crippen LogP contribution >= 0.6 is 11.3 Å². The van der Waals surface area contributed by atoms with E-state index in [1.807, 2.05) is 56.3 Å². The van der Waals surface area contributed by atoms with Crippen molar-refractivity contribution in [3.05, 3.63) is 64.7 Å². The lowest BCUT2D eigenvalue weighted by Crippen LogP contribution is -2.27. The van der Waals surface area contributed by atoms with Crippen LogP contribution in [-0.4, -0.2) is 25.1 Å². The van der Waals surface area contributed by atoms with Crippen molar-refractivity contribution in [1.82, 2.24) is 10.3 Å². The Hall–Kier alpha value is -2.86. The molecule has 6 heteroatoms. The van der Waals surface area contributed by atoms with Gasteiger partial charge in [0.15, 0.2) is 11.5 Å². The lowest BCUT2D eigenvalue weighted by molar-refractivity contribution is 0.0935. The Balaban J connectivity index is 1.82. The number of ether oxygens (including phenoxy) is 2. The van der Waals surface area contributed by atoms with Crippen LogP contribution in [0.1, 0.15) is 34.6 Å². The molecule has 1 aromatic heterocycles. The van der Waals surface area contributed by atoms with Crippen molar-refractivity contribution in [2.75, 3.05) is 14.2 Å². The highest BCUT2D eigenvalue weighted by Gasteiger charge is 2.19. The van der Waals surface area contributed by atoms with Gasteiger partial charge in [-0.25, -0.2) is 4.98 Å². The fourth-order valence-corrected chi connectivity index (χ4v) is 3.80. The molecular weight excluding hydrogens is 360 g/mol. The van der Waals surface area contributed by atoms with E-state index < -0.39 is 0 Å². The van der Waals surface area contributed by atoms with Gasteiger partial charge in [-0.15, -0.1) is 11.3 Å². The van der Waals surface area contributed by atoms with E-state index in [0.717, 1.165) is 16.7 Å². The minimum atomic E-state index is -0.199. The van der Waals surface area contributed by atoms with Gasteiger partial charge in [0, 0.05) is 5.38 Å². The third-order valence-corrected chi connectivity index (χ3v) is 5.25. The van der Waals surface area contributed by atoms with Gasteiger partial charge in [0.05, 0.1) is 25.8 Å². The van der Waals surface area contributed by atoms with Crippen molar-refractivity contribution in [1.29, 1.82) is 0 Å². The molecule has 140 valence electrons. The maximum absolute atomic E-state index is 12.6. The molecular formula is C21H22N2O3S. The molecule has 2 aromatic carbocycles. The fraction of sp³-hybridized carbons (Fsp3) is 0.238. The first-order valence-electron chi connectivity index (χ1n) is 8.58. The second-order valence-electron chi connectivity index (χ2n) is 6.13. The van der Waals surface area contributed by atoms with Crippen LogP contribution in [-0.2, 0) is 0 Å². The van der Waals surface area contributed by atoms with E-state index in [2.05, 4.69) is 10.3 Å². The van der Waals surface area contributed by atoms with E-state index >= 15 is 0 Å². The van der Waals surface area contributed by atoms with E-state index in [-0.39, 0.29) is 11.9 Å². The zero-order valence-electron chi connectivity index (χ0n) is 15.8. The molecule has 0 saturated heterocycles. The first-order valence-corrected chi connectivity index (χ1v) is 9.46. The number of thiazole rings is 1. The number of amides is 1. The Bertz CT molecular complexity index is 952. The van der Waals surface area contributed by atoms with Crippen LogP contribution in [0.25, 0.3) is 10.6 Å². The number of hydrogen-bond donors (Lipinski definition) is 1. The minimum absolute atomic E-state index is 0.102. The normalized spacial score (nSPS) is 11.7. The summed E-state index contributed by atoms with van der Waals surface area (Å²) in [4.78, 5) is 17.1. The molecule has 1 amide bonds. The average molecular weight is 382 g/mol. The molecule has 0 bridgehead atoms. The summed E-state index contributed by atoms with van der Waals surface area (Å²) in [5.41, 5.74) is 3.43. The number of aromatic nitrogens is 1. The monoisotopic (exact) mass is 382 g/mol. The number of benzene rings is 2. The van der Waals surface area contributed by atoms with Gasteiger partial charge in [0.1, 0.15) is 10.7 Å². The number of nitrogens with zero attached hydrogens (tertiary/aromatic N) is 1. The van der Waals surface area contributed by atoms with Crippen LogP contribution in [0, 0.1) is 6.92 Å². The average Bonchev–Trinajstić information content (AvgIpc) is 3.17. The van der Waals surface area contributed by atoms with E-state index in [1.165, 1.54) is 11.3 Å². The second kappa shape index (κ2) is 8.22. The molecule has 0 radical (unpaired) electrons. The van der Waals surface area contributed by atoms with Gasteiger partial charge in [-0.1, -0.05) is 30.3 Å². The summed E-state index contributed by atoms with van der Waals surface area (Å²) in [6, 6.07) is 13.5. The molecule has 0 aliphatic carbocycles. The van der Waals surface area contributed by atoms with Crippen molar-refractivity contribution in [3.8, 4) is 22.1 Å². The van der Waals surface area contributed by atoms with Crippen LogP contribution < -0.4 is 14.8 Å². The first-order chi connectivity index (χ1) is 13.0. The van der Waals surface area contributed by atoms with Crippen molar-refractivity contribution >= 4 is 17.2 Å². The molecule has 1 heterocycles. The molecule has 1 atom stereocenters. The van der Waals surface area contributed by atoms with Crippen LogP contribution in [0.5, 0.6) is 11.5 Å². The van der Waals surface area contributed by atoms with Crippen LogP contribution in [0.3, 0.4) is 0 Å². The van der Waals surface area contributed by atoms with Gasteiger partial charge in [0.2, 0.25) is 0 Å². The number of aryl methyl sites for hydroxylation is 1. The first kappa shape index (κ1) is 18.9. The Kier molecular flexibility index (Phi) is 5.76. The van der Waals surface area contributed by atoms with E-state index in [9.17, 15) is 4.79 Å². The third kappa shape index (κ3) is 3.95. The Morgan fingerprint density at radius 1 is 1.11 bits per heavy atom. The summed E-state index contributed by atoms with van der Waals surface area (Å²) in [5.74, 6) is 1.04. The van der Waals surface area contributed by atoms with Gasteiger partial charge in [-0.05, 0) is 37.1 Å². The standard InChI is InChI=1S/C21H22N2O3S/c1-13-8-5-6-9-15(13)14(2)22-20(24)17-12-27-21(23-17)16-10-7-11-18(25-3)19(16)26-4/h5-12,14H,1-4H3,(H,22,24)/t14-/m1/s1. The molecule has 3 aromatic rings. The second-order valence-corrected chi connectivity index (χ2v) is 6.99. The largest absolute Gasteiger partial charge is 0.493 e. The number of nitrogens with one attached hydrogen (secondary N) is 1. The molecule has 1 N–H and O–H groups in total. The van der Waals surface area contributed by atoms with Crippen molar-refractivity contribution in [3.63, 3.8) is 0 Å². The smallest absolute Gasteiger partial charge is 0.271 e. The van der Waals surface area contributed by atoms with Gasteiger partial charge in [0.25, 0.3) is 5.91 Å². The highest BCUT2D eigenvalue weighted by atomic mass is 32.1. The Labute approximate surface area is 163 Å². The summed E-state index contributed by atoms with van der Waals surface area (Å²) in [7, 11) is 3.18. The minimum Gasteiger partial charge on any atom is -0.493 e. The van der Waals surface area contributed by atoms with E-state index in [1.54, 1.807) is 19.6 Å². The lowest BCUT2D eigenvalue weighted by atomic mass is 10.0. The van der Waals surface area contributed by atoms with Gasteiger partial charge in [-0.3, -0.25) is 4.79 Å². The quantitative estimate of drug-likeness (QED) is 0.675. The summed E-state index contributed by atoms with van der Waals surface area (Å²) < 4.78 is 10.8. The van der Waals surface area contributed by atoms with E-state index in [4.69, 9.17) is 9.47 Å². The van der Waals surface area contributed by atoms with Crippen LogP contribution in [0.4, 0.5) is 0 Å². The molecule has 0 saturated carbocycles. The summed E-state index contributed by atoms with van der Waals surface area (Å²) in [5, 5.41) is 5.48. The topological polar surface area (TPSA) is 60.5 Å².